The molecular formula is C23H17NO4. The molecule has 0 amide bonds. The molecule has 2 heterocycles. The second-order valence-electron chi connectivity index (χ2n) is 6.45. The lowest BCUT2D eigenvalue weighted by molar-refractivity contribution is -0.138. The second-order valence-corrected chi connectivity index (χ2v) is 6.45. The van der Waals surface area contributed by atoms with Crippen molar-refractivity contribution in [1.82, 2.24) is 4.98 Å². The van der Waals surface area contributed by atoms with E-state index in [9.17, 15) is 9.59 Å². The van der Waals surface area contributed by atoms with E-state index < -0.39 is 11.6 Å². The Morgan fingerprint density at radius 1 is 1.14 bits per heavy atom. The molecule has 28 heavy (non-hydrogen) atoms. The number of pyridine rings is 1. The number of ether oxygens (including phenoxy) is 1. The van der Waals surface area contributed by atoms with Crippen LogP contribution in [0, 0.1) is 6.92 Å². The molecule has 0 atom stereocenters. The average molecular weight is 371 g/mol. The molecule has 2 aromatic carbocycles. The summed E-state index contributed by atoms with van der Waals surface area (Å²) in [4.78, 5) is 28.3. The molecule has 0 N–H and O–H groups in total. The van der Waals surface area contributed by atoms with Crippen molar-refractivity contribution in [2.24, 2.45) is 0 Å². The number of carbonyl (C=O) groups excluding carboxylic acids is 1. The number of carbonyl (C=O) groups is 1. The number of hydrogen-bond donors (Lipinski definition) is 0. The largest absolute Gasteiger partial charge is 0.458 e. The quantitative estimate of drug-likeness (QED) is 0.302. The molecule has 0 saturated heterocycles. The van der Waals surface area contributed by atoms with Crippen LogP contribution in [0.4, 0.5) is 0 Å². The summed E-state index contributed by atoms with van der Waals surface area (Å²) in [7, 11) is 0. The van der Waals surface area contributed by atoms with Crippen LogP contribution in [0.2, 0.25) is 0 Å². The van der Waals surface area contributed by atoms with Crippen molar-refractivity contribution in [3.8, 4) is 0 Å². The number of para-hydroxylation sites is 1. The lowest BCUT2D eigenvalue weighted by Crippen LogP contribution is -2.05. The van der Waals surface area contributed by atoms with Crippen molar-refractivity contribution in [2.75, 3.05) is 0 Å². The van der Waals surface area contributed by atoms with Gasteiger partial charge in [-0.3, -0.25) is 4.98 Å². The van der Waals surface area contributed by atoms with Gasteiger partial charge in [-0.25, -0.2) is 9.59 Å². The van der Waals surface area contributed by atoms with Gasteiger partial charge in [-0.15, -0.1) is 0 Å². The summed E-state index contributed by atoms with van der Waals surface area (Å²) >= 11 is 0. The molecule has 0 spiro atoms. The average Bonchev–Trinajstić information content (AvgIpc) is 2.70. The molecular weight excluding hydrogens is 354 g/mol. The highest BCUT2D eigenvalue weighted by Gasteiger charge is 2.08. The predicted molar refractivity (Wildman–Crippen MR) is 108 cm³/mol. The molecule has 5 nitrogen and oxygen atoms in total. The minimum absolute atomic E-state index is 0.0118. The molecule has 2 aromatic heterocycles. The van der Waals surface area contributed by atoms with Crippen LogP contribution in [-0.2, 0) is 16.1 Å². The molecule has 0 fully saturated rings. The van der Waals surface area contributed by atoms with E-state index >= 15 is 0 Å². The van der Waals surface area contributed by atoms with Crippen LogP contribution < -0.4 is 5.63 Å². The third-order valence-electron chi connectivity index (χ3n) is 4.42. The summed E-state index contributed by atoms with van der Waals surface area (Å²) in [5.41, 5.74) is 3.25. The molecule has 138 valence electrons. The summed E-state index contributed by atoms with van der Waals surface area (Å²) in [6.45, 7) is 1.90. The first-order valence-corrected chi connectivity index (χ1v) is 8.82. The van der Waals surface area contributed by atoms with Gasteiger partial charge < -0.3 is 9.15 Å². The zero-order valence-corrected chi connectivity index (χ0v) is 15.2. The normalized spacial score (nSPS) is 11.3. The van der Waals surface area contributed by atoms with Crippen LogP contribution in [0.3, 0.4) is 0 Å². The maximum Gasteiger partial charge on any atom is 0.336 e. The van der Waals surface area contributed by atoms with E-state index in [2.05, 4.69) is 4.98 Å². The number of fused-ring (bicyclic) bond motifs is 2. The molecule has 0 saturated carbocycles. The van der Waals surface area contributed by atoms with Gasteiger partial charge in [-0.2, -0.15) is 0 Å². The minimum Gasteiger partial charge on any atom is -0.458 e. The number of nitrogens with zero attached hydrogens (tertiary/aromatic N) is 1. The summed E-state index contributed by atoms with van der Waals surface area (Å²) in [5, 5.41) is 1.75. The van der Waals surface area contributed by atoms with Crippen LogP contribution in [0.1, 0.15) is 16.7 Å². The molecule has 4 aromatic rings. The first-order valence-electron chi connectivity index (χ1n) is 8.82. The molecule has 0 aliphatic rings. The van der Waals surface area contributed by atoms with E-state index in [1.54, 1.807) is 18.3 Å². The van der Waals surface area contributed by atoms with Crippen molar-refractivity contribution in [3.05, 3.63) is 94.0 Å². The Kier molecular flexibility index (Phi) is 4.72. The number of aromatic nitrogens is 1. The first-order chi connectivity index (χ1) is 13.6. The Labute approximate surface area is 160 Å². The lowest BCUT2D eigenvalue weighted by Gasteiger charge is -2.06. The Balaban J connectivity index is 1.53. The Morgan fingerprint density at radius 3 is 2.89 bits per heavy atom. The highest BCUT2D eigenvalue weighted by atomic mass is 16.5. The van der Waals surface area contributed by atoms with Crippen LogP contribution in [0.5, 0.6) is 0 Å². The van der Waals surface area contributed by atoms with Crippen molar-refractivity contribution >= 4 is 33.9 Å². The van der Waals surface area contributed by atoms with Gasteiger partial charge in [0.1, 0.15) is 12.2 Å². The molecule has 4 rings (SSSR count). The van der Waals surface area contributed by atoms with E-state index in [0.717, 1.165) is 27.4 Å². The van der Waals surface area contributed by atoms with Gasteiger partial charge in [0.2, 0.25) is 0 Å². The smallest absolute Gasteiger partial charge is 0.336 e. The van der Waals surface area contributed by atoms with Gasteiger partial charge >= 0.3 is 11.6 Å². The lowest BCUT2D eigenvalue weighted by atomic mass is 10.1. The maximum absolute atomic E-state index is 12.2. The van der Waals surface area contributed by atoms with Gasteiger partial charge in [0.05, 0.1) is 5.52 Å². The highest BCUT2D eigenvalue weighted by Crippen LogP contribution is 2.20. The van der Waals surface area contributed by atoms with E-state index in [-0.39, 0.29) is 6.61 Å². The fourth-order valence-corrected chi connectivity index (χ4v) is 3.07. The molecule has 0 bridgehead atoms. The zero-order valence-electron chi connectivity index (χ0n) is 15.2. The van der Waals surface area contributed by atoms with Gasteiger partial charge in [0.25, 0.3) is 0 Å². The third kappa shape index (κ3) is 3.69. The number of aryl methyl sites for hydroxylation is 1. The van der Waals surface area contributed by atoms with Gasteiger partial charge in [-0.05, 0) is 30.7 Å². The standard InChI is InChI=1S/C23H17NO4/c1-15-7-9-19-18(13-22(26)28-20(19)12-15)14-27-21(25)10-8-17-5-2-4-16-6-3-11-24-23(16)17/h2-13H,14H2,1H3/b10-8+. The molecule has 0 aliphatic carbocycles. The minimum atomic E-state index is -0.499. The van der Waals surface area contributed by atoms with Crippen molar-refractivity contribution < 1.29 is 13.9 Å². The van der Waals surface area contributed by atoms with Gasteiger partial charge in [0, 0.05) is 40.2 Å². The second kappa shape index (κ2) is 7.48. The van der Waals surface area contributed by atoms with E-state index in [1.807, 2.05) is 49.4 Å². The maximum atomic E-state index is 12.2. The van der Waals surface area contributed by atoms with Crippen molar-refractivity contribution in [1.29, 1.82) is 0 Å². The monoisotopic (exact) mass is 371 g/mol. The topological polar surface area (TPSA) is 69.4 Å². The fourth-order valence-electron chi connectivity index (χ4n) is 3.07. The van der Waals surface area contributed by atoms with Crippen LogP contribution in [0.15, 0.2) is 76.1 Å². The van der Waals surface area contributed by atoms with Crippen molar-refractivity contribution in [3.63, 3.8) is 0 Å². The SMILES string of the molecule is Cc1ccc2c(COC(=O)/C=C/c3cccc4cccnc34)cc(=O)oc2c1. The molecule has 0 radical (unpaired) electrons. The number of esters is 1. The van der Waals surface area contributed by atoms with Crippen molar-refractivity contribution in [2.45, 2.75) is 13.5 Å². The Hall–Kier alpha value is -3.73. The Bertz CT molecular complexity index is 1270. The summed E-state index contributed by atoms with van der Waals surface area (Å²) in [6.07, 6.45) is 4.76. The summed E-state index contributed by atoms with van der Waals surface area (Å²) in [5.74, 6) is -0.499. The summed E-state index contributed by atoms with van der Waals surface area (Å²) < 4.78 is 10.5. The van der Waals surface area contributed by atoms with Gasteiger partial charge in [0.15, 0.2) is 0 Å². The number of rotatable bonds is 4. The third-order valence-corrected chi connectivity index (χ3v) is 4.42. The zero-order chi connectivity index (χ0) is 19.5. The van der Waals surface area contributed by atoms with E-state index in [4.69, 9.17) is 9.15 Å². The summed E-state index contributed by atoms with van der Waals surface area (Å²) in [6, 6.07) is 16.5. The van der Waals surface area contributed by atoms with Crippen LogP contribution >= 0.6 is 0 Å². The number of benzene rings is 2. The van der Waals surface area contributed by atoms with E-state index in [0.29, 0.717) is 11.1 Å². The highest BCUT2D eigenvalue weighted by molar-refractivity contribution is 5.93. The predicted octanol–water partition coefficient (Wildman–Crippen LogP) is 4.41. The van der Waals surface area contributed by atoms with Gasteiger partial charge in [-0.1, -0.05) is 36.4 Å². The fraction of sp³-hybridized carbons (Fsp3) is 0.0870. The first kappa shape index (κ1) is 17.7. The molecule has 0 unspecified atom stereocenters. The number of hydrogen-bond acceptors (Lipinski definition) is 5. The van der Waals surface area contributed by atoms with Crippen LogP contribution in [-0.4, -0.2) is 11.0 Å². The van der Waals surface area contributed by atoms with Crippen LogP contribution in [0.25, 0.3) is 27.9 Å². The van der Waals surface area contributed by atoms with E-state index in [1.165, 1.54) is 12.1 Å². The molecule has 5 heteroatoms. The molecule has 0 aliphatic heterocycles. The Morgan fingerprint density at radius 2 is 2.00 bits per heavy atom.